The minimum absolute atomic E-state index is 0.0545. The van der Waals surface area contributed by atoms with Gasteiger partial charge in [0.2, 0.25) is 0 Å². The van der Waals surface area contributed by atoms with Crippen molar-refractivity contribution in [2.45, 2.75) is 18.4 Å². The maximum atomic E-state index is 12.3. The van der Waals surface area contributed by atoms with E-state index in [0.717, 1.165) is 13.0 Å². The van der Waals surface area contributed by atoms with Crippen LogP contribution in [0, 0.1) is 0 Å². The Kier molecular flexibility index (Phi) is 3.35. The molecule has 112 valence electrons. The van der Waals surface area contributed by atoms with E-state index in [1.807, 2.05) is 11.9 Å². The van der Waals surface area contributed by atoms with Gasteiger partial charge >= 0.3 is 5.95 Å². The van der Waals surface area contributed by atoms with Gasteiger partial charge in [0.15, 0.2) is 11.2 Å². The Labute approximate surface area is 121 Å². The van der Waals surface area contributed by atoms with Crippen molar-refractivity contribution in [1.82, 2.24) is 4.90 Å². The molecule has 21 heavy (non-hydrogen) atoms. The lowest BCUT2D eigenvalue weighted by molar-refractivity contribution is 0.172. The molecule has 3 aliphatic rings. The highest BCUT2D eigenvalue weighted by atomic mass is 16.5. The van der Waals surface area contributed by atoms with Crippen molar-refractivity contribution in [2.75, 3.05) is 20.2 Å². The number of aliphatic hydroxyl groups is 1. The second kappa shape index (κ2) is 5.05. The van der Waals surface area contributed by atoms with Gasteiger partial charge < -0.3 is 24.6 Å². The number of nitrogens with zero attached hydrogens (tertiary/aromatic N) is 1. The molecular weight excluding hydrogens is 274 g/mol. The van der Waals surface area contributed by atoms with Crippen LogP contribution in [-0.2, 0) is 0 Å². The number of benzene rings is 1. The van der Waals surface area contributed by atoms with Crippen LogP contribution in [0.15, 0.2) is 27.4 Å². The van der Waals surface area contributed by atoms with Gasteiger partial charge in [-0.1, -0.05) is 0 Å². The van der Waals surface area contributed by atoms with Crippen molar-refractivity contribution >= 4 is 0 Å². The van der Waals surface area contributed by atoms with E-state index in [0.29, 0.717) is 11.1 Å². The number of aromatic hydroxyl groups is 2. The lowest BCUT2D eigenvalue weighted by atomic mass is 9.88. The lowest BCUT2D eigenvalue weighted by Crippen LogP contribution is -2.33. The Morgan fingerprint density at radius 1 is 1.38 bits per heavy atom. The molecule has 0 radical (unpaired) electrons. The van der Waals surface area contributed by atoms with Gasteiger partial charge in [-0.2, -0.15) is 0 Å². The van der Waals surface area contributed by atoms with Crippen LogP contribution in [0.25, 0.3) is 11.3 Å². The summed E-state index contributed by atoms with van der Waals surface area (Å²) in [7, 11) is 1.90. The molecule has 0 aromatic heterocycles. The Balaban J connectivity index is 2.21. The number of hydrogen-bond acceptors (Lipinski definition) is 6. The third-order valence-electron chi connectivity index (χ3n) is 4.28. The average Bonchev–Trinajstić information content (AvgIpc) is 2.81. The largest absolute Gasteiger partial charge is 0.502 e. The SMILES string of the molecule is CN1CCC(c2c3oc(O)c(O)cc-3ccc2=O)C1CO. The molecule has 6 heteroatoms. The molecule has 3 N–H and O–H groups in total. The Morgan fingerprint density at radius 2 is 2.14 bits per heavy atom. The number of likely N-dealkylation sites (N-methyl/N-ethyl adjacent to an activating group) is 1. The first-order valence-electron chi connectivity index (χ1n) is 6.82. The van der Waals surface area contributed by atoms with Crippen molar-refractivity contribution in [1.29, 1.82) is 0 Å². The number of aliphatic hydroxyl groups excluding tert-OH is 1. The van der Waals surface area contributed by atoms with Crippen LogP contribution in [0.4, 0.5) is 0 Å². The lowest BCUT2D eigenvalue weighted by Gasteiger charge is -2.24. The average molecular weight is 291 g/mol. The van der Waals surface area contributed by atoms with Crippen LogP contribution in [0.2, 0.25) is 0 Å². The molecule has 2 aliphatic heterocycles. The molecule has 0 amide bonds. The van der Waals surface area contributed by atoms with Gasteiger partial charge in [-0.25, -0.2) is 0 Å². The number of likely N-dealkylation sites (tertiary alicyclic amines) is 1. The zero-order chi connectivity index (χ0) is 15.1. The number of hydrogen-bond donors (Lipinski definition) is 3. The van der Waals surface area contributed by atoms with E-state index in [4.69, 9.17) is 4.42 Å². The molecule has 1 fully saturated rings. The topological polar surface area (TPSA) is 94.1 Å². The van der Waals surface area contributed by atoms with Crippen molar-refractivity contribution in [3.05, 3.63) is 34.0 Å². The minimum Gasteiger partial charge on any atom is -0.502 e. The molecular formula is C15H17NO5. The van der Waals surface area contributed by atoms with Crippen LogP contribution in [0.5, 0.6) is 11.7 Å². The summed E-state index contributed by atoms with van der Waals surface area (Å²) in [5.74, 6) is -0.865. The summed E-state index contributed by atoms with van der Waals surface area (Å²) in [5, 5.41) is 28.7. The molecule has 0 saturated carbocycles. The predicted octanol–water partition coefficient (Wildman–Crippen LogP) is 0.936. The monoisotopic (exact) mass is 291 g/mol. The summed E-state index contributed by atoms with van der Waals surface area (Å²) in [6.45, 7) is 0.719. The Bertz CT molecular complexity index is 695. The van der Waals surface area contributed by atoms with E-state index in [1.165, 1.54) is 12.1 Å². The first-order valence-corrected chi connectivity index (χ1v) is 6.82. The molecule has 2 atom stereocenters. The van der Waals surface area contributed by atoms with Crippen molar-refractivity contribution in [3.8, 4) is 23.0 Å². The van der Waals surface area contributed by atoms with E-state index in [1.54, 1.807) is 6.07 Å². The maximum absolute atomic E-state index is 12.3. The van der Waals surface area contributed by atoms with Gasteiger partial charge in [-0.3, -0.25) is 4.79 Å². The van der Waals surface area contributed by atoms with E-state index in [9.17, 15) is 20.1 Å². The zero-order valence-corrected chi connectivity index (χ0v) is 11.6. The van der Waals surface area contributed by atoms with Crippen LogP contribution in [0.1, 0.15) is 17.9 Å². The third-order valence-corrected chi connectivity index (χ3v) is 4.28. The maximum Gasteiger partial charge on any atom is 0.326 e. The van der Waals surface area contributed by atoms with E-state index >= 15 is 0 Å². The summed E-state index contributed by atoms with van der Waals surface area (Å²) in [4.78, 5) is 14.3. The fourth-order valence-corrected chi connectivity index (χ4v) is 3.15. The molecule has 2 heterocycles. The fraction of sp³-hybridized carbons (Fsp3) is 0.400. The molecule has 0 aromatic rings. The number of fused-ring (bicyclic) bond motifs is 1. The van der Waals surface area contributed by atoms with Crippen molar-refractivity contribution in [3.63, 3.8) is 0 Å². The minimum atomic E-state index is -0.610. The van der Waals surface area contributed by atoms with E-state index in [-0.39, 0.29) is 35.5 Å². The summed E-state index contributed by atoms with van der Waals surface area (Å²) < 4.78 is 5.25. The molecule has 6 nitrogen and oxygen atoms in total. The van der Waals surface area contributed by atoms with Crippen molar-refractivity contribution < 1.29 is 19.7 Å². The molecule has 1 saturated heterocycles. The van der Waals surface area contributed by atoms with Gasteiger partial charge in [0.1, 0.15) is 5.76 Å². The van der Waals surface area contributed by atoms with Crippen LogP contribution < -0.4 is 5.43 Å². The molecule has 2 unspecified atom stereocenters. The molecule has 3 rings (SSSR count). The van der Waals surface area contributed by atoms with Gasteiger partial charge in [-0.15, -0.1) is 0 Å². The van der Waals surface area contributed by atoms with Gasteiger partial charge in [0.25, 0.3) is 0 Å². The summed E-state index contributed by atoms with van der Waals surface area (Å²) in [6.07, 6.45) is 0.729. The normalized spacial score (nSPS) is 23.0. The standard InChI is InChI=1S/C15H17NO5/c1-16-5-4-9(10(16)7-17)13-11(18)3-2-8-6-12(19)15(20)21-14(8)13/h2-3,6,9-10,17,19-20H,4-5,7H2,1H3. The summed E-state index contributed by atoms with van der Waals surface area (Å²) in [5.41, 5.74) is 0.812. The Morgan fingerprint density at radius 3 is 2.86 bits per heavy atom. The second-order valence-electron chi connectivity index (χ2n) is 5.46. The molecule has 0 spiro atoms. The molecule has 0 aromatic carbocycles. The highest BCUT2D eigenvalue weighted by molar-refractivity contribution is 5.66. The van der Waals surface area contributed by atoms with E-state index < -0.39 is 5.95 Å². The first-order chi connectivity index (χ1) is 10.0. The van der Waals surface area contributed by atoms with Gasteiger partial charge in [-0.05, 0) is 38.2 Å². The summed E-state index contributed by atoms with van der Waals surface area (Å²) >= 11 is 0. The van der Waals surface area contributed by atoms with Gasteiger partial charge in [0, 0.05) is 23.1 Å². The number of rotatable bonds is 2. The second-order valence-corrected chi connectivity index (χ2v) is 5.46. The highest BCUT2D eigenvalue weighted by Crippen LogP contribution is 2.40. The smallest absolute Gasteiger partial charge is 0.326 e. The quantitative estimate of drug-likeness (QED) is 0.762. The van der Waals surface area contributed by atoms with Crippen molar-refractivity contribution in [2.24, 2.45) is 0 Å². The van der Waals surface area contributed by atoms with Crippen LogP contribution in [-0.4, -0.2) is 46.5 Å². The predicted molar refractivity (Wildman–Crippen MR) is 75.8 cm³/mol. The third kappa shape index (κ3) is 2.16. The molecule has 0 bridgehead atoms. The van der Waals surface area contributed by atoms with Crippen LogP contribution >= 0.6 is 0 Å². The molecule has 1 aliphatic carbocycles. The van der Waals surface area contributed by atoms with E-state index in [2.05, 4.69) is 0 Å². The van der Waals surface area contributed by atoms with Crippen LogP contribution in [0.3, 0.4) is 0 Å². The fourth-order valence-electron chi connectivity index (χ4n) is 3.15. The zero-order valence-electron chi connectivity index (χ0n) is 11.6. The first kappa shape index (κ1) is 13.9. The summed E-state index contributed by atoms with van der Waals surface area (Å²) in [6, 6.07) is 4.19. The van der Waals surface area contributed by atoms with Gasteiger partial charge in [0.05, 0.1) is 6.61 Å². The Hall–Kier alpha value is -2.05. The highest BCUT2D eigenvalue weighted by Gasteiger charge is 2.36.